The second-order valence-electron chi connectivity index (χ2n) is 5.52. The van der Waals surface area contributed by atoms with Gasteiger partial charge in [-0.3, -0.25) is 9.78 Å². The van der Waals surface area contributed by atoms with Crippen LogP contribution in [0, 0.1) is 0 Å². The fraction of sp³-hybridized carbons (Fsp3) is 0.176. The van der Waals surface area contributed by atoms with Crippen LogP contribution in [0.15, 0.2) is 51.7 Å². The third-order valence-corrected chi connectivity index (χ3v) is 3.79. The van der Waals surface area contributed by atoms with Gasteiger partial charge in [0, 0.05) is 5.69 Å². The van der Waals surface area contributed by atoms with Gasteiger partial charge in [-0.15, -0.1) is 0 Å². The number of anilines is 1. The third-order valence-electron chi connectivity index (χ3n) is 3.79. The molecular formula is C17H14N2O5. The Kier molecular flexibility index (Phi) is 3.26. The summed E-state index contributed by atoms with van der Waals surface area (Å²) in [5.74, 6) is 0.279. The van der Waals surface area contributed by atoms with Gasteiger partial charge in [0.25, 0.3) is 5.91 Å². The summed E-state index contributed by atoms with van der Waals surface area (Å²) in [6.07, 6.45) is -1.21. The van der Waals surface area contributed by atoms with Crippen molar-refractivity contribution in [3.8, 4) is 11.5 Å². The number of carbonyl (C=O) groups excluding carboxylic acids is 1. The molecule has 7 nitrogen and oxygen atoms in total. The molecule has 1 aromatic heterocycles. The van der Waals surface area contributed by atoms with Crippen molar-refractivity contribution >= 4 is 22.7 Å². The minimum atomic E-state index is -0.779. The number of aromatic amines is 1. The summed E-state index contributed by atoms with van der Waals surface area (Å²) in [6.45, 7) is 1.77. The summed E-state index contributed by atoms with van der Waals surface area (Å²) in [6, 6.07) is 12.1. The minimum Gasteiger partial charge on any atom is -0.482 e. The van der Waals surface area contributed by atoms with Crippen molar-refractivity contribution in [2.75, 3.05) is 5.32 Å². The molecule has 0 fully saturated rings. The topological polar surface area (TPSA) is 93.6 Å². The van der Waals surface area contributed by atoms with E-state index in [1.165, 1.54) is 0 Å². The lowest BCUT2D eigenvalue weighted by atomic mass is 10.1. The average molecular weight is 326 g/mol. The Morgan fingerprint density at radius 1 is 1.12 bits per heavy atom. The first-order valence-electron chi connectivity index (χ1n) is 7.46. The van der Waals surface area contributed by atoms with Crippen LogP contribution in [-0.4, -0.2) is 23.1 Å². The summed E-state index contributed by atoms with van der Waals surface area (Å²) in [5, 5.41) is 2.77. The van der Waals surface area contributed by atoms with Crippen molar-refractivity contribution < 1.29 is 18.7 Å². The molecule has 0 radical (unpaired) electrons. The molecule has 0 saturated heterocycles. The van der Waals surface area contributed by atoms with Gasteiger partial charge in [-0.05, 0) is 37.3 Å². The van der Waals surface area contributed by atoms with Crippen molar-refractivity contribution in [2.45, 2.75) is 19.1 Å². The molecule has 7 heteroatoms. The molecule has 2 aromatic carbocycles. The van der Waals surface area contributed by atoms with Gasteiger partial charge in [0.1, 0.15) is 6.10 Å². The Bertz CT molecular complexity index is 974. The second kappa shape index (κ2) is 5.45. The molecule has 3 aromatic rings. The molecule has 2 atom stereocenters. The van der Waals surface area contributed by atoms with E-state index in [2.05, 4.69) is 10.3 Å². The Morgan fingerprint density at radius 2 is 1.88 bits per heavy atom. The van der Waals surface area contributed by atoms with Gasteiger partial charge >= 0.3 is 5.76 Å². The predicted octanol–water partition coefficient (Wildman–Crippen LogP) is 2.29. The van der Waals surface area contributed by atoms with E-state index in [1.807, 2.05) is 12.1 Å². The normalized spacial score (nSPS) is 19.2. The third kappa shape index (κ3) is 2.50. The van der Waals surface area contributed by atoms with Crippen molar-refractivity contribution in [3.63, 3.8) is 0 Å². The van der Waals surface area contributed by atoms with Crippen LogP contribution < -0.4 is 20.5 Å². The smallest absolute Gasteiger partial charge is 0.417 e. The minimum absolute atomic E-state index is 0.331. The number of aromatic nitrogens is 1. The van der Waals surface area contributed by atoms with Crippen LogP contribution in [-0.2, 0) is 4.79 Å². The molecule has 0 saturated carbocycles. The molecule has 0 aliphatic carbocycles. The SMILES string of the molecule is C[C@@H]1Oc2ccccc2O[C@@H]1C(=O)Nc1ccc2oc(=O)[nH]c2c1. The fourth-order valence-corrected chi connectivity index (χ4v) is 2.65. The summed E-state index contributed by atoms with van der Waals surface area (Å²) < 4.78 is 16.4. The summed E-state index contributed by atoms with van der Waals surface area (Å²) in [5.41, 5.74) is 1.47. The van der Waals surface area contributed by atoms with Gasteiger partial charge in [0.2, 0.25) is 6.10 Å². The Hall–Kier alpha value is -3.22. The molecule has 24 heavy (non-hydrogen) atoms. The predicted molar refractivity (Wildman–Crippen MR) is 86.4 cm³/mol. The van der Waals surface area contributed by atoms with Crippen molar-refractivity contribution in [1.82, 2.24) is 4.98 Å². The first-order valence-corrected chi connectivity index (χ1v) is 7.46. The fourth-order valence-electron chi connectivity index (χ4n) is 2.65. The number of oxazole rings is 1. The standard InChI is InChI=1S/C17H14N2O5/c1-9-15(23-14-5-3-2-4-13(14)22-9)16(20)18-10-6-7-12-11(8-10)19-17(21)24-12/h2-9,15H,1H3,(H,18,20)(H,19,21)/t9-,15-/m0/s1. The van der Waals surface area contributed by atoms with Gasteiger partial charge in [0.05, 0.1) is 5.52 Å². The molecule has 1 aliphatic heterocycles. The van der Waals surface area contributed by atoms with Crippen LogP contribution in [0.2, 0.25) is 0 Å². The number of rotatable bonds is 2. The summed E-state index contributed by atoms with van der Waals surface area (Å²) in [4.78, 5) is 26.2. The van der Waals surface area contributed by atoms with Crippen LogP contribution in [0.3, 0.4) is 0 Å². The van der Waals surface area contributed by atoms with Crippen LogP contribution in [0.1, 0.15) is 6.92 Å². The zero-order valence-electron chi connectivity index (χ0n) is 12.7. The van der Waals surface area contributed by atoms with Crippen LogP contribution in [0.4, 0.5) is 5.69 Å². The van der Waals surface area contributed by atoms with Crippen LogP contribution >= 0.6 is 0 Å². The van der Waals surface area contributed by atoms with Crippen molar-refractivity contribution in [3.05, 3.63) is 53.0 Å². The molecule has 0 spiro atoms. The Morgan fingerprint density at radius 3 is 2.67 bits per heavy atom. The Labute approximate surface area is 136 Å². The lowest BCUT2D eigenvalue weighted by Crippen LogP contribution is -2.46. The number of para-hydroxylation sites is 2. The van der Waals surface area contributed by atoms with E-state index in [1.54, 1.807) is 37.3 Å². The lowest BCUT2D eigenvalue weighted by Gasteiger charge is -2.31. The maximum absolute atomic E-state index is 12.5. The van der Waals surface area contributed by atoms with Crippen molar-refractivity contribution in [2.24, 2.45) is 0 Å². The van der Waals surface area contributed by atoms with Gasteiger partial charge in [0.15, 0.2) is 17.1 Å². The van der Waals surface area contributed by atoms with E-state index >= 15 is 0 Å². The van der Waals surface area contributed by atoms with E-state index in [4.69, 9.17) is 13.9 Å². The van der Waals surface area contributed by atoms with Crippen LogP contribution in [0.25, 0.3) is 11.1 Å². The number of carbonyl (C=O) groups is 1. The lowest BCUT2D eigenvalue weighted by molar-refractivity contribution is -0.128. The number of ether oxygens (including phenoxy) is 2. The van der Waals surface area contributed by atoms with Gasteiger partial charge < -0.3 is 19.2 Å². The highest BCUT2D eigenvalue weighted by Crippen LogP contribution is 2.33. The number of fused-ring (bicyclic) bond motifs is 2. The molecule has 4 rings (SSSR count). The molecular weight excluding hydrogens is 312 g/mol. The number of benzene rings is 2. The first-order chi connectivity index (χ1) is 11.6. The first kappa shape index (κ1) is 14.4. The molecule has 2 heterocycles. The molecule has 0 unspecified atom stereocenters. The zero-order valence-corrected chi connectivity index (χ0v) is 12.7. The van der Waals surface area contributed by atoms with Gasteiger partial charge in [-0.2, -0.15) is 0 Å². The molecule has 2 N–H and O–H groups in total. The van der Waals surface area contributed by atoms with E-state index in [0.29, 0.717) is 28.3 Å². The van der Waals surface area contributed by atoms with E-state index < -0.39 is 18.0 Å². The second-order valence-corrected chi connectivity index (χ2v) is 5.52. The quantitative estimate of drug-likeness (QED) is 0.753. The van der Waals surface area contributed by atoms with Gasteiger partial charge in [-0.25, -0.2) is 4.79 Å². The van der Waals surface area contributed by atoms with Crippen LogP contribution in [0.5, 0.6) is 11.5 Å². The monoisotopic (exact) mass is 326 g/mol. The summed E-state index contributed by atoms with van der Waals surface area (Å²) in [7, 11) is 0. The van der Waals surface area contributed by atoms with Gasteiger partial charge in [-0.1, -0.05) is 12.1 Å². The highest BCUT2D eigenvalue weighted by molar-refractivity contribution is 5.96. The van der Waals surface area contributed by atoms with E-state index in [0.717, 1.165) is 0 Å². The van der Waals surface area contributed by atoms with E-state index in [-0.39, 0.29) is 5.91 Å². The maximum Gasteiger partial charge on any atom is 0.417 e. The number of H-pyrrole nitrogens is 1. The number of hydrogen-bond donors (Lipinski definition) is 2. The van der Waals surface area contributed by atoms with E-state index in [9.17, 15) is 9.59 Å². The molecule has 0 bridgehead atoms. The number of nitrogens with one attached hydrogen (secondary N) is 2. The Balaban J connectivity index is 1.55. The average Bonchev–Trinajstić information content (AvgIpc) is 2.93. The molecule has 122 valence electrons. The molecule has 1 aliphatic rings. The number of hydrogen-bond acceptors (Lipinski definition) is 5. The largest absolute Gasteiger partial charge is 0.482 e. The zero-order chi connectivity index (χ0) is 16.7. The van der Waals surface area contributed by atoms with Crippen molar-refractivity contribution in [1.29, 1.82) is 0 Å². The highest BCUT2D eigenvalue weighted by atomic mass is 16.6. The summed E-state index contributed by atoms with van der Waals surface area (Å²) >= 11 is 0. The maximum atomic E-state index is 12.5. The highest BCUT2D eigenvalue weighted by Gasteiger charge is 2.34. The molecule has 1 amide bonds. The number of amides is 1.